The molecule has 3 heteroatoms. The number of nitrogens with two attached hydrogens (primary N) is 1. The summed E-state index contributed by atoms with van der Waals surface area (Å²) in [5, 5.41) is 2.48. The average Bonchev–Trinajstić information content (AvgIpc) is 3.07. The minimum atomic E-state index is 0.265. The van der Waals surface area contributed by atoms with Crippen LogP contribution in [-0.4, -0.2) is 4.98 Å². The Morgan fingerprint density at radius 3 is 2.79 bits per heavy atom. The van der Waals surface area contributed by atoms with Gasteiger partial charge in [0.1, 0.15) is 0 Å². The monoisotopic (exact) mass is 253 g/mol. The van der Waals surface area contributed by atoms with Crippen LogP contribution in [0.15, 0.2) is 36.7 Å². The zero-order valence-electron chi connectivity index (χ0n) is 10.9. The predicted molar refractivity (Wildman–Crippen MR) is 76.1 cm³/mol. The Bertz CT molecular complexity index is 594. The first kappa shape index (κ1) is 11.4. The second kappa shape index (κ2) is 4.29. The Hall–Kier alpha value is -1.45. The van der Waals surface area contributed by atoms with Gasteiger partial charge in [-0.1, -0.05) is 18.2 Å². The van der Waals surface area contributed by atoms with Crippen LogP contribution in [0.4, 0.5) is 0 Å². The van der Waals surface area contributed by atoms with Crippen LogP contribution in [0.5, 0.6) is 0 Å². The van der Waals surface area contributed by atoms with Crippen molar-refractivity contribution in [3.05, 3.63) is 42.2 Å². The summed E-state index contributed by atoms with van der Waals surface area (Å²) < 4.78 is 0. The molecule has 0 bridgehead atoms. The van der Waals surface area contributed by atoms with E-state index >= 15 is 0 Å². The second-order valence-corrected chi connectivity index (χ2v) is 6.08. The molecule has 98 valence electrons. The van der Waals surface area contributed by atoms with Crippen LogP contribution in [0.3, 0.4) is 0 Å². The molecule has 4 rings (SSSR count). The molecule has 3 N–H and O–H groups in total. The molecule has 0 amide bonds. The molecule has 0 radical (unpaired) electrons. The first-order valence-corrected chi connectivity index (χ1v) is 7.15. The van der Waals surface area contributed by atoms with Crippen molar-refractivity contribution < 1.29 is 0 Å². The molecule has 2 saturated carbocycles. The highest BCUT2D eigenvalue weighted by molar-refractivity contribution is 5.85. The molecule has 3 unspecified atom stereocenters. The first-order valence-electron chi connectivity index (χ1n) is 7.15. The molecule has 1 aromatic heterocycles. The normalized spacial score (nSPS) is 30.3. The first-order chi connectivity index (χ1) is 9.36. The number of pyridine rings is 1. The number of hydrogen-bond acceptors (Lipinski definition) is 3. The number of nitrogens with one attached hydrogen (secondary N) is 1. The Labute approximate surface area is 113 Å². The molecule has 2 fully saturated rings. The van der Waals surface area contributed by atoms with Crippen LogP contribution in [0.1, 0.15) is 30.9 Å². The third-order valence-electron chi connectivity index (χ3n) is 4.98. The molecule has 3 nitrogen and oxygen atoms in total. The Morgan fingerprint density at radius 2 is 2.00 bits per heavy atom. The summed E-state index contributed by atoms with van der Waals surface area (Å²) in [6.45, 7) is 0. The Kier molecular flexibility index (Phi) is 2.57. The van der Waals surface area contributed by atoms with Gasteiger partial charge in [0.05, 0.1) is 0 Å². The third kappa shape index (κ3) is 1.85. The number of nitrogens with zero attached hydrogens (tertiary/aromatic N) is 1. The van der Waals surface area contributed by atoms with Gasteiger partial charge in [-0.05, 0) is 54.0 Å². The maximum atomic E-state index is 5.87. The maximum Gasteiger partial charge on any atom is 0.0495 e. The fraction of sp³-hybridized carbons (Fsp3) is 0.438. The lowest BCUT2D eigenvalue weighted by Gasteiger charge is -2.25. The smallest absolute Gasteiger partial charge is 0.0495 e. The zero-order chi connectivity index (χ0) is 12.8. The highest BCUT2D eigenvalue weighted by Crippen LogP contribution is 2.57. The molecule has 0 spiro atoms. The molecule has 1 aromatic carbocycles. The lowest BCUT2D eigenvalue weighted by atomic mass is 9.87. The van der Waals surface area contributed by atoms with E-state index in [4.69, 9.17) is 5.84 Å². The van der Waals surface area contributed by atoms with Crippen LogP contribution < -0.4 is 11.3 Å². The van der Waals surface area contributed by atoms with Crippen LogP contribution >= 0.6 is 0 Å². The fourth-order valence-electron chi connectivity index (χ4n) is 3.92. The van der Waals surface area contributed by atoms with Gasteiger partial charge < -0.3 is 0 Å². The second-order valence-electron chi connectivity index (χ2n) is 6.08. The van der Waals surface area contributed by atoms with Crippen molar-refractivity contribution in [2.24, 2.45) is 23.6 Å². The molecule has 2 aromatic rings. The number of rotatable bonds is 3. The number of hydrazine groups is 1. The van der Waals surface area contributed by atoms with Gasteiger partial charge in [0.25, 0.3) is 0 Å². The molecule has 0 saturated heterocycles. The summed E-state index contributed by atoms with van der Waals surface area (Å²) >= 11 is 0. The summed E-state index contributed by atoms with van der Waals surface area (Å²) in [6, 6.07) is 8.79. The molecule has 3 atom stereocenters. The van der Waals surface area contributed by atoms with Gasteiger partial charge in [0.15, 0.2) is 0 Å². The molecule has 19 heavy (non-hydrogen) atoms. The average molecular weight is 253 g/mol. The van der Waals surface area contributed by atoms with E-state index in [1.165, 1.54) is 35.6 Å². The van der Waals surface area contributed by atoms with Gasteiger partial charge in [0.2, 0.25) is 0 Å². The SMILES string of the molecule is NNC(c1cccc2ccncc12)C1CC2CC2C1. The third-order valence-corrected chi connectivity index (χ3v) is 4.98. The highest BCUT2D eigenvalue weighted by atomic mass is 15.2. The fourth-order valence-corrected chi connectivity index (χ4v) is 3.92. The standard InChI is InChI=1S/C16H19N3/c17-19-16(13-7-11-6-12(11)8-13)14-3-1-2-10-4-5-18-9-15(10)14/h1-5,9,11-13,16,19H,6-8,17H2. The van der Waals surface area contributed by atoms with E-state index in [1.807, 2.05) is 12.4 Å². The highest BCUT2D eigenvalue weighted by Gasteiger charge is 2.48. The molecular formula is C16H19N3. The van der Waals surface area contributed by atoms with Crippen molar-refractivity contribution in [1.82, 2.24) is 10.4 Å². The number of hydrogen-bond donors (Lipinski definition) is 2. The van der Waals surface area contributed by atoms with E-state index < -0.39 is 0 Å². The van der Waals surface area contributed by atoms with Gasteiger partial charge in [-0.25, -0.2) is 0 Å². The summed E-state index contributed by atoms with van der Waals surface area (Å²) in [5.41, 5.74) is 4.37. The topological polar surface area (TPSA) is 50.9 Å². The quantitative estimate of drug-likeness (QED) is 0.653. The predicted octanol–water partition coefficient (Wildman–Crippen LogP) is 2.79. The van der Waals surface area contributed by atoms with Crippen molar-refractivity contribution >= 4 is 10.8 Å². The van der Waals surface area contributed by atoms with Gasteiger partial charge in [-0.3, -0.25) is 16.3 Å². The van der Waals surface area contributed by atoms with E-state index in [2.05, 4.69) is 34.7 Å². The minimum Gasteiger partial charge on any atom is -0.271 e. The van der Waals surface area contributed by atoms with Gasteiger partial charge in [0, 0.05) is 23.8 Å². The van der Waals surface area contributed by atoms with E-state index in [0.717, 1.165) is 11.8 Å². The van der Waals surface area contributed by atoms with E-state index in [-0.39, 0.29) is 6.04 Å². The Balaban J connectivity index is 1.74. The Morgan fingerprint density at radius 1 is 1.16 bits per heavy atom. The van der Waals surface area contributed by atoms with Crippen molar-refractivity contribution in [3.63, 3.8) is 0 Å². The lowest BCUT2D eigenvalue weighted by molar-refractivity contribution is 0.347. The van der Waals surface area contributed by atoms with Crippen LogP contribution in [0, 0.1) is 17.8 Å². The largest absolute Gasteiger partial charge is 0.271 e. The van der Waals surface area contributed by atoms with Gasteiger partial charge in [-0.2, -0.15) is 0 Å². The van der Waals surface area contributed by atoms with Crippen molar-refractivity contribution in [3.8, 4) is 0 Å². The minimum absolute atomic E-state index is 0.265. The number of benzene rings is 1. The number of fused-ring (bicyclic) bond motifs is 2. The summed E-state index contributed by atoms with van der Waals surface area (Å²) in [6.07, 6.45) is 7.92. The van der Waals surface area contributed by atoms with Crippen LogP contribution in [0.25, 0.3) is 10.8 Å². The summed E-state index contributed by atoms with van der Waals surface area (Å²) in [5.74, 6) is 8.51. The van der Waals surface area contributed by atoms with Crippen molar-refractivity contribution in [2.75, 3.05) is 0 Å². The van der Waals surface area contributed by atoms with Crippen molar-refractivity contribution in [2.45, 2.75) is 25.3 Å². The molecule has 2 aliphatic carbocycles. The van der Waals surface area contributed by atoms with Crippen LogP contribution in [0.2, 0.25) is 0 Å². The van der Waals surface area contributed by atoms with E-state index in [9.17, 15) is 0 Å². The lowest BCUT2D eigenvalue weighted by Crippen LogP contribution is -2.33. The van der Waals surface area contributed by atoms with Crippen molar-refractivity contribution in [1.29, 1.82) is 0 Å². The zero-order valence-corrected chi connectivity index (χ0v) is 10.9. The van der Waals surface area contributed by atoms with Gasteiger partial charge in [-0.15, -0.1) is 0 Å². The van der Waals surface area contributed by atoms with Gasteiger partial charge >= 0.3 is 0 Å². The molecule has 1 heterocycles. The summed E-state index contributed by atoms with van der Waals surface area (Å²) in [7, 11) is 0. The number of aromatic nitrogens is 1. The van der Waals surface area contributed by atoms with E-state index in [0.29, 0.717) is 5.92 Å². The maximum absolute atomic E-state index is 5.87. The molecule has 2 aliphatic rings. The summed E-state index contributed by atoms with van der Waals surface area (Å²) in [4.78, 5) is 4.27. The van der Waals surface area contributed by atoms with E-state index in [1.54, 1.807) is 0 Å². The molecule has 0 aliphatic heterocycles. The van der Waals surface area contributed by atoms with Crippen LogP contribution in [-0.2, 0) is 0 Å². The molecular weight excluding hydrogens is 234 g/mol.